The standard InChI is InChI=1S/C23H19F5N2O3/c1-11-17(24)7-14(8-18(11)25)12(2)29-21(31)19-10-32-22(30-19)33-20-9-15(23(26,27)28)5-6-16(20)13-3-4-13/h5-10,12-13H,3-4H2,1-2H3,(H,29,31). The van der Waals surface area contributed by atoms with Crippen molar-refractivity contribution in [2.75, 3.05) is 0 Å². The van der Waals surface area contributed by atoms with Gasteiger partial charge in [0.25, 0.3) is 5.91 Å². The Morgan fingerprint density at radius 2 is 1.85 bits per heavy atom. The van der Waals surface area contributed by atoms with Crippen LogP contribution in [-0.2, 0) is 6.18 Å². The van der Waals surface area contributed by atoms with Gasteiger partial charge in [0, 0.05) is 5.56 Å². The van der Waals surface area contributed by atoms with Crippen LogP contribution in [0.4, 0.5) is 22.0 Å². The first-order valence-corrected chi connectivity index (χ1v) is 10.1. The average Bonchev–Trinajstić information content (AvgIpc) is 3.48. The first-order chi connectivity index (χ1) is 15.5. The molecule has 1 aliphatic carbocycles. The lowest BCUT2D eigenvalue weighted by atomic mass is 10.1. The van der Waals surface area contributed by atoms with Gasteiger partial charge in [0.05, 0.1) is 11.6 Å². The van der Waals surface area contributed by atoms with Crippen LogP contribution in [0.5, 0.6) is 11.8 Å². The van der Waals surface area contributed by atoms with Crippen molar-refractivity contribution in [1.82, 2.24) is 10.3 Å². The predicted octanol–water partition coefficient (Wildman–Crippen LogP) is 6.44. The second kappa shape index (κ2) is 8.49. The third-order valence-electron chi connectivity index (χ3n) is 5.42. The number of carbonyl (C=O) groups excluding carboxylic acids is 1. The molecule has 4 rings (SSSR count). The molecule has 174 valence electrons. The number of nitrogens with zero attached hydrogens (tertiary/aromatic N) is 1. The van der Waals surface area contributed by atoms with Crippen LogP contribution in [0.15, 0.2) is 41.0 Å². The Balaban J connectivity index is 1.50. The van der Waals surface area contributed by atoms with Crippen molar-refractivity contribution < 1.29 is 35.9 Å². The van der Waals surface area contributed by atoms with E-state index in [1.54, 1.807) is 0 Å². The van der Waals surface area contributed by atoms with E-state index in [-0.39, 0.29) is 28.5 Å². The SMILES string of the molecule is Cc1c(F)cc(C(C)NC(=O)c2coc(Oc3cc(C(F)(F)F)ccc3C3CC3)n2)cc1F. The Labute approximate surface area is 185 Å². The number of carbonyl (C=O) groups is 1. The van der Waals surface area contributed by atoms with Crippen LogP contribution < -0.4 is 10.1 Å². The number of halogens is 5. The van der Waals surface area contributed by atoms with Crippen LogP contribution in [0.25, 0.3) is 0 Å². The molecule has 1 atom stereocenters. The van der Waals surface area contributed by atoms with Crippen molar-refractivity contribution in [3.8, 4) is 11.8 Å². The minimum absolute atomic E-state index is 0.0416. The molecule has 1 aliphatic rings. The summed E-state index contributed by atoms with van der Waals surface area (Å²) < 4.78 is 77.5. The van der Waals surface area contributed by atoms with E-state index in [9.17, 15) is 26.7 Å². The van der Waals surface area contributed by atoms with Crippen LogP contribution in [-0.4, -0.2) is 10.9 Å². The fraction of sp³-hybridized carbons (Fsp3) is 0.304. The van der Waals surface area contributed by atoms with E-state index in [0.29, 0.717) is 5.56 Å². The van der Waals surface area contributed by atoms with Gasteiger partial charge in [0.15, 0.2) is 5.69 Å². The Kier molecular flexibility index (Phi) is 5.85. The first-order valence-electron chi connectivity index (χ1n) is 10.1. The van der Waals surface area contributed by atoms with Crippen LogP contribution in [0.2, 0.25) is 0 Å². The summed E-state index contributed by atoms with van der Waals surface area (Å²) in [6, 6.07) is 4.72. The normalized spacial score (nSPS) is 14.8. The Morgan fingerprint density at radius 3 is 2.45 bits per heavy atom. The lowest BCUT2D eigenvalue weighted by molar-refractivity contribution is -0.137. The van der Waals surface area contributed by atoms with Gasteiger partial charge in [0.2, 0.25) is 0 Å². The largest absolute Gasteiger partial charge is 0.416 e. The molecule has 0 spiro atoms. The maximum atomic E-state index is 13.8. The minimum atomic E-state index is -4.55. The molecule has 10 heteroatoms. The summed E-state index contributed by atoms with van der Waals surface area (Å²) in [4.78, 5) is 16.4. The molecule has 3 aromatic rings. The van der Waals surface area contributed by atoms with Gasteiger partial charge < -0.3 is 14.5 Å². The maximum absolute atomic E-state index is 13.8. The van der Waals surface area contributed by atoms with E-state index in [0.717, 1.165) is 43.4 Å². The van der Waals surface area contributed by atoms with E-state index in [1.807, 2.05) is 0 Å². The van der Waals surface area contributed by atoms with Crippen molar-refractivity contribution >= 4 is 5.91 Å². The second-order valence-corrected chi connectivity index (χ2v) is 7.93. The molecule has 1 unspecified atom stereocenters. The van der Waals surface area contributed by atoms with Crippen LogP contribution in [0.3, 0.4) is 0 Å². The Hall–Kier alpha value is -3.43. The number of aromatic nitrogens is 1. The zero-order valence-corrected chi connectivity index (χ0v) is 17.6. The molecule has 1 aromatic heterocycles. The highest BCUT2D eigenvalue weighted by Gasteiger charge is 2.34. The van der Waals surface area contributed by atoms with Crippen LogP contribution in [0, 0.1) is 18.6 Å². The molecule has 1 saturated carbocycles. The number of benzene rings is 2. The molecule has 0 radical (unpaired) electrons. The second-order valence-electron chi connectivity index (χ2n) is 7.93. The summed E-state index contributed by atoms with van der Waals surface area (Å²) in [5, 5.41) is 2.53. The minimum Gasteiger partial charge on any atom is -0.416 e. The van der Waals surface area contributed by atoms with Gasteiger partial charge in [-0.05, 0) is 68.0 Å². The summed E-state index contributed by atoms with van der Waals surface area (Å²) >= 11 is 0. The van der Waals surface area contributed by atoms with Crippen molar-refractivity contribution in [2.45, 2.75) is 44.8 Å². The lowest BCUT2D eigenvalue weighted by Crippen LogP contribution is -2.27. The predicted molar refractivity (Wildman–Crippen MR) is 107 cm³/mol. The van der Waals surface area contributed by atoms with Crippen LogP contribution >= 0.6 is 0 Å². The van der Waals surface area contributed by atoms with E-state index >= 15 is 0 Å². The fourth-order valence-corrected chi connectivity index (χ4v) is 3.30. The zero-order valence-electron chi connectivity index (χ0n) is 17.6. The third-order valence-corrected chi connectivity index (χ3v) is 5.42. The molecule has 0 saturated heterocycles. The van der Waals surface area contributed by atoms with Crippen molar-refractivity contribution in [3.63, 3.8) is 0 Å². The van der Waals surface area contributed by atoms with Gasteiger partial charge in [-0.1, -0.05) is 6.07 Å². The molecule has 1 N–H and O–H groups in total. The number of alkyl halides is 3. The molecule has 0 aliphatic heterocycles. The molecule has 1 amide bonds. The molecular weight excluding hydrogens is 447 g/mol. The summed E-state index contributed by atoms with van der Waals surface area (Å²) in [5.74, 6) is -2.14. The summed E-state index contributed by atoms with van der Waals surface area (Å²) in [6.45, 7) is 2.83. The quantitative estimate of drug-likeness (QED) is 0.425. The fourth-order valence-electron chi connectivity index (χ4n) is 3.30. The highest BCUT2D eigenvalue weighted by molar-refractivity contribution is 5.92. The molecule has 0 bridgehead atoms. The number of amides is 1. The van der Waals surface area contributed by atoms with Gasteiger partial charge >= 0.3 is 12.3 Å². The summed E-state index contributed by atoms with van der Waals surface area (Å²) in [5.41, 5.74) is -0.399. The average molecular weight is 466 g/mol. The van der Waals surface area contributed by atoms with Gasteiger partial charge in [-0.25, -0.2) is 8.78 Å². The number of hydrogen-bond donors (Lipinski definition) is 1. The van der Waals surface area contributed by atoms with Gasteiger partial charge in [-0.3, -0.25) is 4.79 Å². The van der Waals surface area contributed by atoms with Crippen molar-refractivity contribution in [2.24, 2.45) is 0 Å². The van der Waals surface area contributed by atoms with E-state index in [1.165, 1.54) is 19.9 Å². The summed E-state index contributed by atoms with van der Waals surface area (Å²) in [7, 11) is 0. The first kappa shape index (κ1) is 22.8. The molecule has 1 fully saturated rings. The highest BCUT2D eigenvalue weighted by atomic mass is 19.4. The van der Waals surface area contributed by atoms with Gasteiger partial charge in [0.1, 0.15) is 23.6 Å². The number of oxazole rings is 1. The topological polar surface area (TPSA) is 64.4 Å². The smallest absolute Gasteiger partial charge is 0.416 e. The van der Waals surface area contributed by atoms with Crippen LogP contribution in [0.1, 0.15) is 64.5 Å². The third kappa shape index (κ3) is 4.99. The van der Waals surface area contributed by atoms with Crippen molar-refractivity contribution in [3.05, 3.63) is 76.2 Å². The van der Waals surface area contributed by atoms with Crippen molar-refractivity contribution in [1.29, 1.82) is 0 Å². The molecule has 1 heterocycles. The molecule has 33 heavy (non-hydrogen) atoms. The van der Waals surface area contributed by atoms with E-state index in [4.69, 9.17) is 9.15 Å². The zero-order chi connectivity index (χ0) is 23.9. The number of ether oxygens (including phenoxy) is 1. The monoisotopic (exact) mass is 466 g/mol. The molecule has 5 nitrogen and oxygen atoms in total. The number of nitrogens with one attached hydrogen (secondary N) is 1. The van der Waals surface area contributed by atoms with E-state index < -0.39 is 41.4 Å². The summed E-state index contributed by atoms with van der Waals surface area (Å²) in [6.07, 6.45) is -2.30. The number of hydrogen-bond acceptors (Lipinski definition) is 4. The number of rotatable bonds is 6. The lowest BCUT2D eigenvalue weighted by Gasteiger charge is -2.14. The Bertz CT molecular complexity index is 1180. The van der Waals surface area contributed by atoms with Gasteiger partial charge in [-0.2, -0.15) is 18.2 Å². The van der Waals surface area contributed by atoms with Gasteiger partial charge in [-0.15, -0.1) is 0 Å². The van der Waals surface area contributed by atoms with E-state index in [2.05, 4.69) is 10.3 Å². The maximum Gasteiger partial charge on any atom is 0.416 e. The molecule has 2 aromatic carbocycles. The molecular formula is C23H19F5N2O3. The Morgan fingerprint density at radius 1 is 1.18 bits per heavy atom. The highest BCUT2D eigenvalue weighted by Crippen LogP contribution is 2.46.